The van der Waals surface area contributed by atoms with Crippen molar-refractivity contribution in [2.24, 2.45) is 0 Å². The Morgan fingerprint density at radius 2 is 2.00 bits per heavy atom. The molecular formula is C16H18ClN3O3. The normalized spacial score (nSPS) is 10.5. The number of carbonyl (C=O) groups excluding carboxylic acids is 1. The molecule has 0 amide bonds. The molecule has 0 atom stereocenters. The Morgan fingerprint density at radius 1 is 1.30 bits per heavy atom. The maximum Gasteiger partial charge on any atom is 0.359 e. The van der Waals surface area contributed by atoms with Gasteiger partial charge in [0, 0.05) is 11.1 Å². The standard InChI is InChI=1S/C16H18ClN3O3/c1-5-23-15(21)14-12(18)13(19-16(17)20-14)11-8(2)6-7-10(22-4)9(11)3/h6-7H,5,18H2,1-4H3. The molecule has 1 aromatic heterocycles. The van der Waals surface area contributed by atoms with E-state index in [2.05, 4.69) is 9.97 Å². The zero-order valence-electron chi connectivity index (χ0n) is 13.4. The van der Waals surface area contributed by atoms with Crippen LogP contribution in [0.1, 0.15) is 28.5 Å². The molecule has 2 aromatic rings. The van der Waals surface area contributed by atoms with E-state index < -0.39 is 5.97 Å². The lowest BCUT2D eigenvalue weighted by atomic mass is 9.97. The van der Waals surface area contributed by atoms with Gasteiger partial charge in [0.15, 0.2) is 5.69 Å². The van der Waals surface area contributed by atoms with Gasteiger partial charge in [-0.3, -0.25) is 0 Å². The van der Waals surface area contributed by atoms with E-state index in [0.29, 0.717) is 11.4 Å². The summed E-state index contributed by atoms with van der Waals surface area (Å²) in [6, 6.07) is 3.75. The smallest absolute Gasteiger partial charge is 0.359 e. The molecule has 0 spiro atoms. The summed E-state index contributed by atoms with van der Waals surface area (Å²) >= 11 is 5.98. The van der Waals surface area contributed by atoms with Crippen molar-refractivity contribution in [2.75, 3.05) is 19.5 Å². The van der Waals surface area contributed by atoms with Crippen molar-refractivity contribution in [2.45, 2.75) is 20.8 Å². The van der Waals surface area contributed by atoms with Crippen molar-refractivity contribution >= 4 is 23.3 Å². The van der Waals surface area contributed by atoms with E-state index in [4.69, 9.17) is 26.8 Å². The van der Waals surface area contributed by atoms with Crippen LogP contribution >= 0.6 is 11.6 Å². The van der Waals surface area contributed by atoms with Gasteiger partial charge in [0.25, 0.3) is 0 Å². The van der Waals surface area contributed by atoms with Crippen molar-refractivity contribution in [3.05, 3.63) is 34.2 Å². The monoisotopic (exact) mass is 335 g/mol. The van der Waals surface area contributed by atoms with Crippen LogP contribution in [-0.4, -0.2) is 29.7 Å². The molecule has 1 heterocycles. The van der Waals surface area contributed by atoms with Crippen LogP contribution in [0.15, 0.2) is 12.1 Å². The van der Waals surface area contributed by atoms with Crippen LogP contribution in [0.3, 0.4) is 0 Å². The van der Waals surface area contributed by atoms with Crippen molar-refractivity contribution in [1.82, 2.24) is 9.97 Å². The molecule has 6 nitrogen and oxygen atoms in total. The molecule has 0 radical (unpaired) electrons. The molecule has 0 saturated heterocycles. The predicted octanol–water partition coefficient (Wildman–Crippen LogP) is 3.18. The third-order valence-corrected chi connectivity index (χ3v) is 3.64. The number of nitrogens with two attached hydrogens (primary N) is 1. The molecule has 23 heavy (non-hydrogen) atoms. The number of nitrogen functional groups attached to an aromatic ring is 1. The van der Waals surface area contributed by atoms with Crippen LogP contribution < -0.4 is 10.5 Å². The molecule has 0 aliphatic carbocycles. The number of nitrogens with zero attached hydrogens (tertiary/aromatic N) is 2. The largest absolute Gasteiger partial charge is 0.496 e. The molecule has 0 fully saturated rings. The molecule has 0 aliphatic heterocycles. The number of halogens is 1. The molecular weight excluding hydrogens is 318 g/mol. The molecule has 2 rings (SSSR count). The lowest BCUT2D eigenvalue weighted by Gasteiger charge is -2.16. The van der Waals surface area contributed by atoms with Crippen LogP contribution in [0.25, 0.3) is 11.3 Å². The summed E-state index contributed by atoms with van der Waals surface area (Å²) < 4.78 is 10.3. The van der Waals surface area contributed by atoms with Gasteiger partial charge in [-0.25, -0.2) is 14.8 Å². The zero-order valence-corrected chi connectivity index (χ0v) is 14.2. The van der Waals surface area contributed by atoms with Gasteiger partial charge < -0.3 is 15.2 Å². The van der Waals surface area contributed by atoms with E-state index in [1.807, 2.05) is 26.0 Å². The van der Waals surface area contributed by atoms with E-state index in [0.717, 1.165) is 16.7 Å². The lowest BCUT2D eigenvalue weighted by Crippen LogP contribution is -2.13. The van der Waals surface area contributed by atoms with Gasteiger partial charge in [0.1, 0.15) is 5.75 Å². The van der Waals surface area contributed by atoms with Gasteiger partial charge in [-0.15, -0.1) is 0 Å². The summed E-state index contributed by atoms with van der Waals surface area (Å²) in [6.07, 6.45) is 0. The molecule has 122 valence electrons. The van der Waals surface area contributed by atoms with Crippen molar-refractivity contribution in [3.8, 4) is 17.0 Å². The van der Waals surface area contributed by atoms with Gasteiger partial charge >= 0.3 is 5.97 Å². The first-order valence-corrected chi connectivity index (χ1v) is 7.43. The van der Waals surface area contributed by atoms with Crippen LogP contribution in [-0.2, 0) is 4.74 Å². The number of aromatic nitrogens is 2. The Kier molecular flexibility index (Phi) is 5.05. The number of esters is 1. The molecule has 0 unspecified atom stereocenters. The average molecular weight is 336 g/mol. The van der Waals surface area contributed by atoms with Crippen molar-refractivity contribution < 1.29 is 14.3 Å². The summed E-state index contributed by atoms with van der Waals surface area (Å²) in [7, 11) is 1.59. The summed E-state index contributed by atoms with van der Waals surface area (Å²) in [6.45, 7) is 5.72. The second-order valence-corrected chi connectivity index (χ2v) is 5.25. The molecule has 1 aromatic carbocycles. The van der Waals surface area contributed by atoms with Crippen molar-refractivity contribution in [3.63, 3.8) is 0 Å². The minimum atomic E-state index is -0.631. The van der Waals surface area contributed by atoms with E-state index in [1.54, 1.807) is 14.0 Å². The van der Waals surface area contributed by atoms with E-state index in [9.17, 15) is 4.79 Å². The van der Waals surface area contributed by atoms with Crippen LogP contribution in [0.2, 0.25) is 5.28 Å². The number of methoxy groups -OCH3 is 1. The van der Waals surface area contributed by atoms with Gasteiger partial charge in [-0.05, 0) is 44.0 Å². The number of rotatable bonds is 4. The molecule has 2 N–H and O–H groups in total. The van der Waals surface area contributed by atoms with Gasteiger partial charge in [0.05, 0.1) is 25.1 Å². The fraction of sp³-hybridized carbons (Fsp3) is 0.312. The highest BCUT2D eigenvalue weighted by Crippen LogP contribution is 2.36. The first kappa shape index (κ1) is 17.0. The first-order chi connectivity index (χ1) is 10.9. The van der Waals surface area contributed by atoms with Crippen molar-refractivity contribution in [1.29, 1.82) is 0 Å². The Balaban J connectivity index is 2.72. The topological polar surface area (TPSA) is 87.3 Å². The summed E-state index contributed by atoms with van der Waals surface area (Å²) in [5.74, 6) is 0.0613. The fourth-order valence-corrected chi connectivity index (χ4v) is 2.57. The third kappa shape index (κ3) is 3.22. The Bertz CT molecular complexity index is 763. The maximum absolute atomic E-state index is 12.0. The Labute approximate surface area is 139 Å². The van der Waals surface area contributed by atoms with Gasteiger partial charge in [-0.2, -0.15) is 0 Å². The highest BCUT2D eigenvalue weighted by molar-refractivity contribution is 6.28. The average Bonchev–Trinajstić information content (AvgIpc) is 2.50. The highest BCUT2D eigenvalue weighted by Gasteiger charge is 2.22. The molecule has 0 bridgehead atoms. The summed E-state index contributed by atoms with van der Waals surface area (Å²) in [4.78, 5) is 20.1. The predicted molar refractivity (Wildman–Crippen MR) is 88.9 cm³/mol. The van der Waals surface area contributed by atoms with Crippen LogP contribution in [0.4, 0.5) is 5.69 Å². The molecule has 0 aliphatic rings. The Hall–Kier alpha value is -2.34. The third-order valence-electron chi connectivity index (χ3n) is 3.47. The highest BCUT2D eigenvalue weighted by atomic mass is 35.5. The summed E-state index contributed by atoms with van der Waals surface area (Å²) in [5.41, 5.74) is 9.15. The van der Waals surface area contributed by atoms with Gasteiger partial charge in [0.2, 0.25) is 5.28 Å². The second kappa shape index (κ2) is 6.83. The maximum atomic E-state index is 12.0. The Morgan fingerprint density at radius 3 is 2.61 bits per heavy atom. The van der Waals surface area contributed by atoms with E-state index in [-0.39, 0.29) is 23.3 Å². The van der Waals surface area contributed by atoms with Crippen LogP contribution in [0, 0.1) is 13.8 Å². The lowest BCUT2D eigenvalue weighted by molar-refractivity contribution is 0.0520. The molecule has 0 saturated carbocycles. The first-order valence-electron chi connectivity index (χ1n) is 7.05. The number of hydrogen-bond donors (Lipinski definition) is 1. The zero-order chi connectivity index (χ0) is 17.1. The summed E-state index contributed by atoms with van der Waals surface area (Å²) in [5, 5.41) is -0.0705. The number of anilines is 1. The number of benzene rings is 1. The number of ether oxygens (including phenoxy) is 2. The SMILES string of the molecule is CCOC(=O)c1nc(Cl)nc(-c2c(C)ccc(OC)c2C)c1N. The van der Waals surface area contributed by atoms with Crippen LogP contribution in [0.5, 0.6) is 5.75 Å². The van der Waals surface area contributed by atoms with E-state index in [1.165, 1.54) is 0 Å². The quantitative estimate of drug-likeness (QED) is 0.682. The minimum absolute atomic E-state index is 0.0385. The number of hydrogen-bond acceptors (Lipinski definition) is 6. The van der Waals surface area contributed by atoms with Gasteiger partial charge in [-0.1, -0.05) is 6.07 Å². The number of carbonyl (C=O) groups is 1. The number of aryl methyl sites for hydroxylation is 1. The second-order valence-electron chi connectivity index (χ2n) is 4.91. The van der Waals surface area contributed by atoms with E-state index >= 15 is 0 Å². The molecule has 7 heteroatoms. The fourth-order valence-electron chi connectivity index (χ4n) is 2.40. The minimum Gasteiger partial charge on any atom is -0.496 e.